The molecule has 1 aliphatic heterocycles. The van der Waals surface area contributed by atoms with Crippen LogP contribution in [0.15, 0.2) is 0 Å². The fourth-order valence-corrected chi connectivity index (χ4v) is 2.63. The van der Waals surface area contributed by atoms with Gasteiger partial charge in [0.15, 0.2) is 0 Å². The smallest absolute Gasteiger partial charge is 0.136 e. The van der Waals surface area contributed by atoms with Crippen molar-refractivity contribution >= 4 is 6.29 Å². The summed E-state index contributed by atoms with van der Waals surface area (Å²) in [4.78, 5) is 10.6. The third kappa shape index (κ3) is 1.53. The van der Waals surface area contributed by atoms with E-state index in [1.54, 1.807) is 0 Å². The quantitative estimate of drug-likeness (QED) is 0.600. The zero-order valence-corrected chi connectivity index (χ0v) is 7.46. The maximum absolute atomic E-state index is 10.6. The minimum Gasteiger partial charge on any atom is -0.305 e. The van der Waals surface area contributed by atoms with Crippen molar-refractivity contribution in [3.05, 3.63) is 0 Å². The highest BCUT2D eigenvalue weighted by atomic mass is 16.1. The molecule has 1 heterocycles. The Bertz CT molecular complexity index is 169. The molecule has 2 heteroatoms. The Hall–Kier alpha value is -0.370. The van der Waals surface area contributed by atoms with Gasteiger partial charge in [0.25, 0.3) is 0 Å². The Labute approximate surface area is 73.7 Å². The molecule has 0 aromatic rings. The van der Waals surface area contributed by atoms with Crippen molar-refractivity contribution in [2.45, 2.75) is 50.6 Å². The average molecular weight is 167 g/mol. The van der Waals surface area contributed by atoms with E-state index in [-0.39, 0.29) is 6.04 Å². The van der Waals surface area contributed by atoms with Gasteiger partial charge in [-0.25, -0.2) is 0 Å². The molecule has 2 aliphatic rings. The van der Waals surface area contributed by atoms with E-state index in [0.717, 1.165) is 18.6 Å². The predicted octanol–water partition coefficient (Wildman–Crippen LogP) is 1.50. The van der Waals surface area contributed by atoms with E-state index in [1.807, 2.05) is 0 Å². The Kier molecular flexibility index (Phi) is 2.45. The summed E-state index contributed by atoms with van der Waals surface area (Å²) in [5, 5.41) is 3.44. The number of carbonyl (C=O) groups excluding carboxylic acids is 1. The molecular formula is C10H17NO. The molecule has 0 aromatic carbocycles. The molecule has 1 saturated heterocycles. The van der Waals surface area contributed by atoms with Gasteiger partial charge < -0.3 is 10.1 Å². The topological polar surface area (TPSA) is 29.1 Å². The number of carbonyl (C=O) groups is 1. The van der Waals surface area contributed by atoms with Gasteiger partial charge in [-0.2, -0.15) is 0 Å². The van der Waals surface area contributed by atoms with Crippen LogP contribution in [0.4, 0.5) is 0 Å². The van der Waals surface area contributed by atoms with Gasteiger partial charge in [0, 0.05) is 6.04 Å². The number of rotatable bonds is 1. The van der Waals surface area contributed by atoms with Crippen molar-refractivity contribution in [1.29, 1.82) is 0 Å². The van der Waals surface area contributed by atoms with E-state index >= 15 is 0 Å². The van der Waals surface area contributed by atoms with Gasteiger partial charge in [0.1, 0.15) is 6.29 Å². The van der Waals surface area contributed by atoms with E-state index in [1.165, 1.54) is 32.1 Å². The molecule has 3 unspecified atom stereocenters. The van der Waals surface area contributed by atoms with Crippen LogP contribution in [0.25, 0.3) is 0 Å². The van der Waals surface area contributed by atoms with Crippen molar-refractivity contribution < 1.29 is 4.79 Å². The molecule has 0 bridgehead atoms. The van der Waals surface area contributed by atoms with Crippen LogP contribution in [-0.2, 0) is 4.79 Å². The van der Waals surface area contributed by atoms with Crippen LogP contribution in [0.1, 0.15) is 38.5 Å². The summed E-state index contributed by atoms with van der Waals surface area (Å²) in [6, 6.07) is 0.812. The second-order valence-corrected chi connectivity index (χ2v) is 4.14. The third-order valence-electron chi connectivity index (χ3n) is 3.35. The lowest BCUT2D eigenvalue weighted by atomic mass is 9.78. The minimum atomic E-state index is 0.157. The molecule has 0 aromatic heterocycles. The monoisotopic (exact) mass is 167 g/mol. The Morgan fingerprint density at radius 3 is 2.75 bits per heavy atom. The van der Waals surface area contributed by atoms with E-state index in [4.69, 9.17) is 0 Å². The van der Waals surface area contributed by atoms with Crippen LogP contribution >= 0.6 is 0 Å². The van der Waals surface area contributed by atoms with E-state index in [0.29, 0.717) is 6.04 Å². The van der Waals surface area contributed by atoms with Crippen LogP contribution in [0.5, 0.6) is 0 Å². The summed E-state index contributed by atoms with van der Waals surface area (Å²) >= 11 is 0. The molecule has 0 amide bonds. The van der Waals surface area contributed by atoms with Crippen LogP contribution < -0.4 is 5.32 Å². The number of piperidine rings is 1. The van der Waals surface area contributed by atoms with Crippen molar-refractivity contribution in [2.75, 3.05) is 0 Å². The van der Waals surface area contributed by atoms with Gasteiger partial charge in [-0.05, 0) is 31.6 Å². The van der Waals surface area contributed by atoms with Crippen LogP contribution in [0, 0.1) is 5.92 Å². The van der Waals surface area contributed by atoms with Crippen molar-refractivity contribution in [1.82, 2.24) is 5.32 Å². The maximum atomic E-state index is 10.6. The molecule has 1 N–H and O–H groups in total. The molecular weight excluding hydrogens is 150 g/mol. The Morgan fingerprint density at radius 1 is 1.08 bits per heavy atom. The van der Waals surface area contributed by atoms with Crippen molar-refractivity contribution in [3.8, 4) is 0 Å². The summed E-state index contributed by atoms with van der Waals surface area (Å²) in [7, 11) is 0. The molecule has 12 heavy (non-hydrogen) atoms. The molecule has 68 valence electrons. The van der Waals surface area contributed by atoms with Gasteiger partial charge in [0.2, 0.25) is 0 Å². The van der Waals surface area contributed by atoms with Gasteiger partial charge in [-0.3, -0.25) is 0 Å². The first-order valence-electron chi connectivity index (χ1n) is 5.11. The van der Waals surface area contributed by atoms with Crippen molar-refractivity contribution in [3.63, 3.8) is 0 Å². The SMILES string of the molecule is O=CC1CCC2CCCCC2N1. The number of aldehydes is 1. The highest BCUT2D eigenvalue weighted by molar-refractivity contribution is 5.57. The summed E-state index contributed by atoms with van der Waals surface area (Å²) in [5.74, 6) is 0.870. The van der Waals surface area contributed by atoms with Gasteiger partial charge in [-0.15, -0.1) is 0 Å². The molecule has 2 rings (SSSR count). The molecule has 2 nitrogen and oxygen atoms in total. The number of fused-ring (bicyclic) bond motifs is 1. The first-order valence-corrected chi connectivity index (χ1v) is 5.11. The van der Waals surface area contributed by atoms with E-state index in [9.17, 15) is 4.79 Å². The Balaban J connectivity index is 1.93. The summed E-state index contributed by atoms with van der Waals surface area (Å²) < 4.78 is 0. The molecule has 3 atom stereocenters. The first kappa shape index (κ1) is 8.24. The van der Waals surface area contributed by atoms with Crippen LogP contribution in [0.2, 0.25) is 0 Å². The third-order valence-corrected chi connectivity index (χ3v) is 3.35. The second kappa shape index (κ2) is 3.56. The molecule has 0 radical (unpaired) electrons. The standard InChI is InChI=1S/C10H17NO/c12-7-9-6-5-8-3-1-2-4-10(8)11-9/h7-11H,1-6H2. The van der Waals surface area contributed by atoms with Gasteiger partial charge >= 0.3 is 0 Å². The largest absolute Gasteiger partial charge is 0.305 e. The predicted molar refractivity (Wildman–Crippen MR) is 48.0 cm³/mol. The average Bonchev–Trinajstić information content (AvgIpc) is 2.17. The lowest BCUT2D eigenvalue weighted by Gasteiger charge is -2.38. The second-order valence-electron chi connectivity index (χ2n) is 4.14. The minimum absolute atomic E-state index is 0.157. The summed E-state index contributed by atoms with van der Waals surface area (Å²) in [6.45, 7) is 0. The highest BCUT2D eigenvalue weighted by Crippen LogP contribution is 2.31. The van der Waals surface area contributed by atoms with E-state index in [2.05, 4.69) is 5.32 Å². The van der Waals surface area contributed by atoms with Crippen molar-refractivity contribution in [2.24, 2.45) is 5.92 Å². The normalized spacial score (nSPS) is 41.8. The fourth-order valence-electron chi connectivity index (χ4n) is 2.63. The number of nitrogens with one attached hydrogen (secondary N) is 1. The number of hydrogen-bond donors (Lipinski definition) is 1. The maximum Gasteiger partial charge on any atom is 0.136 e. The van der Waals surface area contributed by atoms with Crippen LogP contribution in [0.3, 0.4) is 0 Å². The summed E-state index contributed by atoms with van der Waals surface area (Å²) in [6.07, 6.45) is 8.81. The fraction of sp³-hybridized carbons (Fsp3) is 0.900. The first-order chi connectivity index (χ1) is 5.90. The van der Waals surface area contributed by atoms with Gasteiger partial charge in [0.05, 0.1) is 6.04 Å². The number of hydrogen-bond acceptors (Lipinski definition) is 2. The van der Waals surface area contributed by atoms with Gasteiger partial charge in [-0.1, -0.05) is 12.8 Å². The lowest BCUT2D eigenvalue weighted by Crippen LogP contribution is -2.49. The zero-order chi connectivity index (χ0) is 8.39. The van der Waals surface area contributed by atoms with Crippen LogP contribution in [-0.4, -0.2) is 18.4 Å². The molecule has 1 aliphatic carbocycles. The zero-order valence-electron chi connectivity index (χ0n) is 7.46. The summed E-state index contributed by atoms with van der Waals surface area (Å²) in [5.41, 5.74) is 0. The van der Waals surface area contributed by atoms with E-state index < -0.39 is 0 Å². The molecule has 0 spiro atoms. The molecule has 1 saturated carbocycles. The lowest BCUT2D eigenvalue weighted by molar-refractivity contribution is -0.110. The Morgan fingerprint density at radius 2 is 1.92 bits per heavy atom. The molecule has 2 fully saturated rings. The highest BCUT2D eigenvalue weighted by Gasteiger charge is 2.30.